The van der Waals surface area contributed by atoms with E-state index in [9.17, 15) is 9.59 Å². The van der Waals surface area contributed by atoms with Crippen molar-refractivity contribution in [3.63, 3.8) is 0 Å². The van der Waals surface area contributed by atoms with Crippen molar-refractivity contribution in [3.05, 3.63) is 83.1 Å². The number of carbonyl (C=O) groups excluding carboxylic acids is 2. The molecule has 1 aliphatic carbocycles. The van der Waals surface area contributed by atoms with Gasteiger partial charge in [-0.1, -0.05) is 48.0 Å². The van der Waals surface area contributed by atoms with Crippen LogP contribution in [0.5, 0.6) is 0 Å². The molecule has 0 radical (unpaired) electrons. The van der Waals surface area contributed by atoms with Gasteiger partial charge in [-0.3, -0.25) is 9.59 Å². The van der Waals surface area contributed by atoms with Crippen molar-refractivity contribution in [1.29, 1.82) is 0 Å². The molecular weight excluding hydrogens is 398 g/mol. The maximum absolute atomic E-state index is 13.3. The summed E-state index contributed by atoms with van der Waals surface area (Å²) in [7, 11) is 2.02. The minimum Gasteiger partial charge on any atom is -0.354 e. The molecule has 2 aromatic carbocycles. The van der Waals surface area contributed by atoms with Crippen molar-refractivity contribution < 1.29 is 9.59 Å². The highest BCUT2D eigenvalue weighted by molar-refractivity contribution is 6.02. The number of benzene rings is 2. The Balaban J connectivity index is 1.40. The monoisotopic (exact) mass is 427 g/mol. The first-order valence-electron chi connectivity index (χ1n) is 11.5. The van der Waals surface area contributed by atoms with Gasteiger partial charge in [0.1, 0.15) is 6.54 Å². The fourth-order valence-corrected chi connectivity index (χ4v) is 5.16. The van der Waals surface area contributed by atoms with Crippen molar-refractivity contribution in [2.24, 2.45) is 7.05 Å². The smallest absolute Gasteiger partial charge is 0.255 e. The molecule has 3 aromatic rings. The summed E-state index contributed by atoms with van der Waals surface area (Å²) in [5, 5.41) is 4.15. The molecule has 0 saturated heterocycles. The van der Waals surface area contributed by atoms with E-state index in [-0.39, 0.29) is 24.4 Å². The summed E-state index contributed by atoms with van der Waals surface area (Å²) < 4.78 is 2.09. The molecule has 5 rings (SSSR count). The topological polar surface area (TPSA) is 54.3 Å². The van der Waals surface area contributed by atoms with Crippen molar-refractivity contribution in [2.45, 2.75) is 38.1 Å². The van der Waals surface area contributed by atoms with E-state index in [4.69, 9.17) is 0 Å². The van der Waals surface area contributed by atoms with E-state index in [0.717, 1.165) is 41.3 Å². The number of hydrogen-bond acceptors (Lipinski definition) is 2. The van der Waals surface area contributed by atoms with Crippen molar-refractivity contribution in [1.82, 2.24) is 14.8 Å². The summed E-state index contributed by atoms with van der Waals surface area (Å²) in [6.07, 6.45) is 10.1. The van der Waals surface area contributed by atoms with Crippen LogP contribution in [0.1, 0.15) is 59.6 Å². The third-order valence-electron chi connectivity index (χ3n) is 6.75. The Morgan fingerprint density at radius 3 is 2.72 bits per heavy atom. The summed E-state index contributed by atoms with van der Waals surface area (Å²) >= 11 is 0. The van der Waals surface area contributed by atoms with Gasteiger partial charge in [0.05, 0.1) is 6.04 Å². The molecule has 0 unspecified atom stereocenters. The lowest BCUT2D eigenvalue weighted by Crippen LogP contribution is -2.40. The second kappa shape index (κ2) is 8.65. The van der Waals surface area contributed by atoms with Gasteiger partial charge in [-0.2, -0.15) is 0 Å². The first kappa shape index (κ1) is 20.6. The van der Waals surface area contributed by atoms with Crippen LogP contribution in [0.2, 0.25) is 0 Å². The fourth-order valence-electron chi connectivity index (χ4n) is 5.16. The molecule has 32 heavy (non-hydrogen) atoms. The molecule has 2 amide bonds. The van der Waals surface area contributed by atoms with Gasteiger partial charge in [-0.15, -0.1) is 0 Å². The van der Waals surface area contributed by atoms with E-state index in [0.29, 0.717) is 12.1 Å². The number of carbonyl (C=O) groups is 2. The summed E-state index contributed by atoms with van der Waals surface area (Å²) in [6, 6.07) is 15.7. The molecule has 0 spiro atoms. The van der Waals surface area contributed by atoms with Gasteiger partial charge >= 0.3 is 0 Å². The molecule has 5 heteroatoms. The largest absolute Gasteiger partial charge is 0.354 e. The number of rotatable bonds is 6. The Kier molecular flexibility index (Phi) is 5.56. The lowest BCUT2D eigenvalue weighted by molar-refractivity contribution is -0.122. The maximum atomic E-state index is 13.3. The van der Waals surface area contributed by atoms with Crippen LogP contribution in [0, 0.1) is 0 Å². The highest BCUT2D eigenvalue weighted by Gasteiger charge is 2.39. The number of aromatic nitrogens is 1. The minimum absolute atomic E-state index is 0.0560. The molecule has 2 heterocycles. The summed E-state index contributed by atoms with van der Waals surface area (Å²) in [6.45, 7) is 0.680. The Bertz CT molecular complexity index is 1210. The average Bonchev–Trinajstić information content (AvgIpc) is 3.29. The molecule has 1 N–H and O–H groups in total. The van der Waals surface area contributed by atoms with Crippen LogP contribution >= 0.6 is 0 Å². The van der Waals surface area contributed by atoms with Crippen LogP contribution < -0.4 is 5.32 Å². The molecule has 164 valence electrons. The molecule has 5 nitrogen and oxygen atoms in total. The van der Waals surface area contributed by atoms with Crippen LogP contribution in [0.4, 0.5) is 0 Å². The zero-order valence-corrected chi connectivity index (χ0v) is 18.5. The standard InChI is InChI=1S/C27H29N3O2/c1-29-17-23(20-11-7-8-14-24(20)29)26-21-12-5-6-13-22(21)27(32)30(26)18-25(31)28-16-15-19-9-3-2-4-10-19/h5-9,11-14,17,26H,2-4,10,15-16,18H2,1H3,(H,28,31)/t26-/m1/s1. The van der Waals surface area contributed by atoms with Gasteiger partial charge in [-0.25, -0.2) is 0 Å². The molecule has 0 bridgehead atoms. The number of allylic oxidation sites excluding steroid dienone is 1. The average molecular weight is 428 g/mol. The lowest BCUT2D eigenvalue weighted by atomic mass is 9.97. The molecule has 1 aromatic heterocycles. The van der Waals surface area contributed by atoms with Gasteiger partial charge < -0.3 is 14.8 Å². The highest BCUT2D eigenvalue weighted by atomic mass is 16.2. The van der Waals surface area contributed by atoms with E-state index in [1.807, 2.05) is 43.4 Å². The van der Waals surface area contributed by atoms with Crippen molar-refractivity contribution in [2.75, 3.05) is 13.1 Å². The first-order valence-corrected chi connectivity index (χ1v) is 11.5. The fraction of sp³-hybridized carbons (Fsp3) is 0.333. The van der Waals surface area contributed by atoms with Crippen LogP contribution in [0.25, 0.3) is 10.9 Å². The Morgan fingerprint density at radius 1 is 1.06 bits per heavy atom. The maximum Gasteiger partial charge on any atom is 0.255 e. The molecular formula is C27H29N3O2. The quantitative estimate of drug-likeness (QED) is 0.578. The van der Waals surface area contributed by atoms with Crippen LogP contribution in [0.15, 0.2) is 66.4 Å². The van der Waals surface area contributed by atoms with Gasteiger partial charge in [-0.05, 0) is 49.8 Å². The first-order chi connectivity index (χ1) is 15.6. The third-order valence-corrected chi connectivity index (χ3v) is 6.75. The highest BCUT2D eigenvalue weighted by Crippen LogP contribution is 2.41. The molecule has 1 atom stereocenters. The van der Waals surface area contributed by atoms with Crippen LogP contribution in [-0.2, 0) is 11.8 Å². The van der Waals surface area contributed by atoms with E-state index < -0.39 is 0 Å². The van der Waals surface area contributed by atoms with Crippen LogP contribution in [0.3, 0.4) is 0 Å². The second-order valence-corrected chi connectivity index (χ2v) is 8.84. The molecule has 1 aliphatic heterocycles. The number of amides is 2. The molecule has 0 fully saturated rings. The van der Waals surface area contributed by atoms with Crippen molar-refractivity contribution in [3.8, 4) is 0 Å². The third kappa shape index (κ3) is 3.72. The van der Waals surface area contributed by atoms with E-state index in [1.165, 1.54) is 18.4 Å². The lowest BCUT2D eigenvalue weighted by Gasteiger charge is -2.25. The normalized spacial score (nSPS) is 18.0. The van der Waals surface area contributed by atoms with Gasteiger partial charge in [0.25, 0.3) is 5.91 Å². The Hall–Kier alpha value is -3.34. The molecule has 0 saturated carbocycles. The van der Waals surface area contributed by atoms with Gasteiger partial charge in [0.2, 0.25) is 5.91 Å². The van der Waals surface area contributed by atoms with Crippen molar-refractivity contribution >= 4 is 22.7 Å². The predicted octanol–water partition coefficient (Wildman–Crippen LogP) is 4.73. The number of hydrogen-bond donors (Lipinski definition) is 1. The number of para-hydroxylation sites is 1. The number of nitrogens with zero attached hydrogens (tertiary/aromatic N) is 2. The van der Waals surface area contributed by atoms with Gasteiger partial charge in [0.15, 0.2) is 0 Å². The predicted molar refractivity (Wildman–Crippen MR) is 126 cm³/mol. The molecule has 2 aliphatic rings. The van der Waals surface area contributed by atoms with E-state index >= 15 is 0 Å². The summed E-state index contributed by atoms with van der Waals surface area (Å²) in [5.74, 6) is -0.184. The zero-order chi connectivity index (χ0) is 22.1. The second-order valence-electron chi connectivity index (χ2n) is 8.84. The van der Waals surface area contributed by atoms with E-state index in [2.05, 4.69) is 34.3 Å². The Morgan fingerprint density at radius 2 is 1.88 bits per heavy atom. The zero-order valence-electron chi connectivity index (χ0n) is 18.5. The van der Waals surface area contributed by atoms with Gasteiger partial charge in [0, 0.05) is 41.8 Å². The summed E-state index contributed by atoms with van der Waals surface area (Å²) in [4.78, 5) is 27.9. The Labute approximate surface area is 188 Å². The van der Waals surface area contributed by atoms with Crippen LogP contribution in [-0.4, -0.2) is 34.4 Å². The SMILES string of the molecule is Cn1cc([C@H]2c3ccccc3C(=O)N2CC(=O)NCCC2=CCCCC2)c2ccccc21. The number of nitrogens with one attached hydrogen (secondary N) is 1. The summed E-state index contributed by atoms with van der Waals surface area (Å²) in [5.41, 5.74) is 5.26. The number of fused-ring (bicyclic) bond motifs is 2. The minimum atomic E-state index is -0.267. The number of aryl methyl sites for hydroxylation is 1. The van der Waals surface area contributed by atoms with E-state index in [1.54, 1.807) is 4.90 Å².